The first-order chi connectivity index (χ1) is 9.38. The average molecular weight is 253 g/mol. The largest absolute Gasteiger partial charge is 0.496 e. The zero-order valence-corrected chi connectivity index (χ0v) is 10.7. The molecular formula is C16H15NO2. The molecule has 0 atom stereocenters. The maximum absolute atomic E-state index is 5.88. The van der Waals surface area contributed by atoms with E-state index in [4.69, 9.17) is 9.47 Å². The molecule has 1 N–H and O–H groups in total. The Bertz CT molecular complexity index is 674. The van der Waals surface area contributed by atoms with Gasteiger partial charge in [0, 0.05) is 11.6 Å². The van der Waals surface area contributed by atoms with Gasteiger partial charge in [-0.05, 0) is 23.8 Å². The molecule has 0 spiro atoms. The zero-order valence-electron chi connectivity index (χ0n) is 10.7. The quantitative estimate of drug-likeness (QED) is 0.768. The Morgan fingerprint density at radius 3 is 2.53 bits per heavy atom. The second kappa shape index (κ2) is 5.06. The van der Waals surface area contributed by atoms with Crippen molar-refractivity contribution in [3.8, 4) is 11.5 Å². The number of fused-ring (bicyclic) bond motifs is 1. The van der Waals surface area contributed by atoms with E-state index < -0.39 is 0 Å². The molecule has 2 aromatic carbocycles. The SMILES string of the molecule is COc1ccc(OCc2ccccc2)c2[nH]ccc12. The number of methoxy groups -OCH3 is 1. The summed E-state index contributed by atoms with van der Waals surface area (Å²) in [6, 6.07) is 16.0. The zero-order chi connectivity index (χ0) is 13.1. The van der Waals surface area contributed by atoms with Crippen LogP contribution in [-0.4, -0.2) is 12.1 Å². The Morgan fingerprint density at radius 1 is 0.947 bits per heavy atom. The summed E-state index contributed by atoms with van der Waals surface area (Å²) in [7, 11) is 1.67. The smallest absolute Gasteiger partial charge is 0.144 e. The Morgan fingerprint density at radius 2 is 1.74 bits per heavy atom. The lowest BCUT2D eigenvalue weighted by atomic mass is 10.2. The van der Waals surface area contributed by atoms with Gasteiger partial charge in [0.1, 0.15) is 18.1 Å². The van der Waals surface area contributed by atoms with E-state index in [1.807, 2.05) is 42.6 Å². The van der Waals surface area contributed by atoms with Gasteiger partial charge >= 0.3 is 0 Å². The summed E-state index contributed by atoms with van der Waals surface area (Å²) in [6.07, 6.45) is 1.89. The van der Waals surface area contributed by atoms with E-state index in [9.17, 15) is 0 Å². The van der Waals surface area contributed by atoms with Gasteiger partial charge < -0.3 is 14.5 Å². The minimum atomic E-state index is 0.557. The van der Waals surface area contributed by atoms with Crippen LogP contribution in [0.4, 0.5) is 0 Å². The Hall–Kier alpha value is -2.42. The van der Waals surface area contributed by atoms with E-state index >= 15 is 0 Å². The first-order valence-electron chi connectivity index (χ1n) is 6.19. The highest BCUT2D eigenvalue weighted by Crippen LogP contribution is 2.32. The van der Waals surface area contributed by atoms with Crippen molar-refractivity contribution < 1.29 is 9.47 Å². The van der Waals surface area contributed by atoms with Crippen LogP contribution in [0.2, 0.25) is 0 Å². The van der Waals surface area contributed by atoms with Crippen LogP contribution >= 0.6 is 0 Å². The average Bonchev–Trinajstić information content (AvgIpc) is 2.95. The fourth-order valence-corrected chi connectivity index (χ4v) is 2.14. The molecule has 0 aliphatic heterocycles. The highest BCUT2D eigenvalue weighted by molar-refractivity contribution is 5.90. The summed E-state index contributed by atoms with van der Waals surface area (Å²) in [5.74, 6) is 1.69. The molecule has 0 aliphatic carbocycles. The fraction of sp³-hybridized carbons (Fsp3) is 0.125. The molecule has 3 heteroatoms. The van der Waals surface area contributed by atoms with Gasteiger partial charge in [-0.1, -0.05) is 30.3 Å². The van der Waals surface area contributed by atoms with Crippen LogP contribution in [0, 0.1) is 0 Å². The summed E-state index contributed by atoms with van der Waals surface area (Å²) < 4.78 is 11.2. The minimum absolute atomic E-state index is 0.557. The van der Waals surface area contributed by atoms with Crippen LogP contribution in [0.3, 0.4) is 0 Å². The number of rotatable bonds is 4. The van der Waals surface area contributed by atoms with Crippen molar-refractivity contribution in [2.75, 3.05) is 7.11 Å². The number of nitrogens with one attached hydrogen (secondary N) is 1. The highest BCUT2D eigenvalue weighted by atomic mass is 16.5. The van der Waals surface area contributed by atoms with Crippen molar-refractivity contribution in [3.05, 3.63) is 60.3 Å². The molecule has 1 aromatic heterocycles. The Balaban J connectivity index is 1.87. The molecule has 0 unspecified atom stereocenters. The van der Waals surface area contributed by atoms with E-state index in [0.29, 0.717) is 6.61 Å². The first kappa shape index (κ1) is 11.7. The minimum Gasteiger partial charge on any atom is -0.496 e. The lowest BCUT2D eigenvalue weighted by molar-refractivity contribution is 0.309. The van der Waals surface area contributed by atoms with E-state index in [-0.39, 0.29) is 0 Å². The Labute approximate surface area is 111 Å². The van der Waals surface area contributed by atoms with Gasteiger partial charge in [0.2, 0.25) is 0 Å². The molecule has 0 bridgehead atoms. The highest BCUT2D eigenvalue weighted by Gasteiger charge is 2.08. The maximum Gasteiger partial charge on any atom is 0.144 e. The molecule has 96 valence electrons. The third-order valence-corrected chi connectivity index (χ3v) is 3.10. The Kier molecular flexibility index (Phi) is 3.11. The van der Waals surface area contributed by atoms with Crippen LogP contribution in [0.25, 0.3) is 10.9 Å². The molecular weight excluding hydrogens is 238 g/mol. The summed E-state index contributed by atoms with van der Waals surface area (Å²) >= 11 is 0. The number of benzene rings is 2. The second-order valence-electron chi connectivity index (χ2n) is 4.31. The monoisotopic (exact) mass is 253 g/mol. The standard InChI is InChI=1S/C16H15NO2/c1-18-14-7-8-15(16-13(14)9-10-17-16)19-11-12-5-3-2-4-6-12/h2-10,17H,11H2,1H3. The normalized spacial score (nSPS) is 10.6. The number of ether oxygens (including phenoxy) is 2. The van der Waals surface area contributed by atoms with Crippen molar-refractivity contribution in [3.63, 3.8) is 0 Å². The summed E-state index contributed by atoms with van der Waals surface area (Å²) in [5.41, 5.74) is 2.12. The molecule has 19 heavy (non-hydrogen) atoms. The number of hydrogen-bond acceptors (Lipinski definition) is 2. The molecule has 1 heterocycles. The molecule has 0 aliphatic rings. The van der Waals surface area contributed by atoms with Crippen LogP contribution in [0.15, 0.2) is 54.7 Å². The molecule has 3 nitrogen and oxygen atoms in total. The predicted molar refractivity (Wildman–Crippen MR) is 75.6 cm³/mol. The van der Waals surface area contributed by atoms with Crippen molar-refractivity contribution in [1.82, 2.24) is 4.98 Å². The maximum atomic E-state index is 5.88. The van der Waals surface area contributed by atoms with Gasteiger partial charge in [0.15, 0.2) is 0 Å². The van der Waals surface area contributed by atoms with E-state index in [1.54, 1.807) is 7.11 Å². The predicted octanol–water partition coefficient (Wildman–Crippen LogP) is 3.76. The van der Waals surface area contributed by atoms with E-state index in [0.717, 1.165) is 28.0 Å². The summed E-state index contributed by atoms with van der Waals surface area (Å²) in [6.45, 7) is 0.557. The van der Waals surface area contributed by atoms with Gasteiger partial charge in [-0.3, -0.25) is 0 Å². The molecule has 3 aromatic rings. The van der Waals surface area contributed by atoms with Gasteiger partial charge in [0.25, 0.3) is 0 Å². The molecule has 0 saturated carbocycles. The molecule has 0 fully saturated rings. The first-order valence-corrected chi connectivity index (χ1v) is 6.19. The number of H-pyrrole nitrogens is 1. The molecule has 0 saturated heterocycles. The third-order valence-electron chi connectivity index (χ3n) is 3.10. The van der Waals surface area contributed by atoms with E-state index in [1.165, 1.54) is 0 Å². The van der Waals surface area contributed by atoms with Crippen molar-refractivity contribution in [1.29, 1.82) is 0 Å². The van der Waals surface area contributed by atoms with Gasteiger partial charge in [-0.2, -0.15) is 0 Å². The number of hydrogen-bond donors (Lipinski definition) is 1. The second-order valence-corrected chi connectivity index (χ2v) is 4.31. The number of aromatic amines is 1. The van der Waals surface area contributed by atoms with Crippen molar-refractivity contribution in [2.24, 2.45) is 0 Å². The van der Waals surface area contributed by atoms with Crippen LogP contribution in [0.5, 0.6) is 11.5 Å². The van der Waals surface area contributed by atoms with Crippen molar-refractivity contribution in [2.45, 2.75) is 6.61 Å². The molecule has 0 radical (unpaired) electrons. The number of aromatic nitrogens is 1. The van der Waals surface area contributed by atoms with Crippen LogP contribution in [0.1, 0.15) is 5.56 Å². The molecule has 3 rings (SSSR count). The topological polar surface area (TPSA) is 34.2 Å². The van der Waals surface area contributed by atoms with Gasteiger partial charge in [-0.15, -0.1) is 0 Å². The third kappa shape index (κ3) is 2.27. The van der Waals surface area contributed by atoms with E-state index in [2.05, 4.69) is 17.1 Å². The van der Waals surface area contributed by atoms with Crippen LogP contribution < -0.4 is 9.47 Å². The van der Waals surface area contributed by atoms with Crippen LogP contribution in [-0.2, 0) is 6.61 Å². The lowest BCUT2D eigenvalue weighted by Gasteiger charge is -2.09. The summed E-state index contributed by atoms with van der Waals surface area (Å²) in [4.78, 5) is 3.19. The van der Waals surface area contributed by atoms with Gasteiger partial charge in [0.05, 0.1) is 12.6 Å². The molecule has 0 amide bonds. The lowest BCUT2D eigenvalue weighted by Crippen LogP contribution is -1.96. The summed E-state index contributed by atoms with van der Waals surface area (Å²) in [5, 5.41) is 1.04. The van der Waals surface area contributed by atoms with Gasteiger partial charge in [-0.25, -0.2) is 0 Å². The fourth-order valence-electron chi connectivity index (χ4n) is 2.14. The van der Waals surface area contributed by atoms with Crippen molar-refractivity contribution >= 4 is 10.9 Å².